The van der Waals surface area contributed by atoms with Crippen molar-refractivity contribution in [1.82, 2.24) is 5.32 Å². The maximum atomic E-state index is 13.4. The number of aliphatic hydroxyl groups is 1. The molecule has 0 fully saturated rings. The average molecular weight is 310 g/mol. The van der Waals surface area contributed by atoms with Gasteiger partial charge in [-0.25, -0.2) is 4.39 Å². The van der Waals surface area contributed by atoms with Crippen molar-refractivity contribution in [2.45, 2.75) is 45.1 Å². The highest BCUT2D eigenvalue weighted by molar-refractivity contribution is 6.39. The van der Waals surface area contributed by atoms with Gasteiger partial charge < -0.3 is 15.7 Å². The second-order valence-corrected chi connectivity index (χ2v) is 5.34. The van der Waals surface area contributed by atoms with Crippen LogP contribution >= 0.6 is 0 Å². The molecule has 0 unspecified atom stereocenters. The maximum Gasteiger partial charge on any atom is 0.313 e. The molecule has 122 valence electrons. The number of para-hydroxylation sites is 1. The Labute approximate surface area is 129 Å². The number of hydrogen-bond donors (Lipinski definition) is 3. The van der Waals surface area contributed by atoms with Gasteiger partial charge in [0.1, 0.15) is 5.82 Å². The quantitative estimate of drug-likeness (QED) is 0.676. The Morgan fingerprint density at radius 2 is 1.73 bits per heavy atom. The van der Waals surface area contributed by atoms with Crippen LogP contribution in [0.2, 0.25) is 0 Å². The standard InChI is InChI=1S/C16H23FN2O3/c1-3-9-16(22,10-4-2)11-18-14(20)15(21)19-13-8-6-5-7-12(13)17/h5-8,22H,3-4,9-11H2,1-2H3,(H,18,20)(H,19,21). The van der Waals surface area contributed by atoms with Crippen molar-refractivity contribution in [2.24, 2.45) is 0 Å². The van der Waals surface area contributed by atoms with E-state index in [4.69, 9.17) is 0 Å². The molecule has 0 radical (unpaired) electrons. The smallest absolute Gasteiger partial charge is 0.313 e. The fourth-order valence-corrected chi connectivity index (χ4v) is 2.30. The zero-order chi connectivity index (χ0) is 16.6. The monoisotopic (exact) mass is 310 g/mol. The molecule has 3 N–H and O–H groups in total. The normalized spacial score (nSPS) is 11.1. The molecule has 0 aliphatic heterocycles. The van der Waals surface area contributed by atoms with Gasteiger partial charge in [0, 0.05) is 6.54 Å². The van der Waals surface area contributed by atoms with Gasteiger partial charge in [-0.2, -0.15) is 0 Å². The van der Waals surface area contributed by atoms with E-state index in [0.717, 1.165) is 12.8 Å². The minimum Gasteiger partial charge on any atom is -0.388 e. The van der Waals surface area contributed by atoms with Gasteiger partial charge in [0.15, 0.2) is 0 Å². The second-order valence-electron chi connectivity index (χ2n) is 5.34. The number of rotatable bonds is 7. The van der Waals surface area contributed by atoms with Crippen LogP contribution in [0.3, 0.4) is 0 Å². The maximum absolute atomic E-state index is 13.4. The van der Waals surface area contributed by atoms with Gasteiger partial charge in [-0.05, 0) is 25.0 Å². The molecule has 1 aromatic rings. The lowest BCUT2D eigenvalue weighted by atomic mass is 9.92. The predicted octanol–water partition coefficient (Wildman–Crippen LogP) is 2.21. The first-order valence-corrected chi connectivity index (χ1v) is 7.48. The van der Waals surface area contributed by atoms with Crippen LogP contribution < -0.4 is 10.6 Å². The summed E-state index contributed by atoms with van der Waals surface area (Å²) in [7, 11) is 0. The van der Waals surface area contributed by atoms with Crippen LogP contribution in [-0.2, 0) is 9.59 Å². The second kappa shape index (κ2) is 8.48. The van der Waals surface area contributed by atoms with Gasteiger partial charge in [0.05, 0.1) is 11.3 Å². The van der Waals surface area contributed by atoms with E-state index >= 15 is 0 Å². The van der Waals surface area contributed by atoms with E-state index in [2.05, 4.69) is 10.6 Å². The first-order valence-electron chi connectivity index (χ1n) is 7.48. The summed E-state index contributed by atoms with van der Waals surface area (Å²) in [5.74, 6) is -2.47. The lowest BCUT2D eigenvalue weighted by Crippen LogP contribution is -2.46. The van der Waals surface area contributed by atoms with Crippen LogP contribution in [0.25, 0.3) is 0 Å². The van der Waals surface area contributed by atoms with Crippen LogP contribution in [0.15, 0.2) is 24.3 Å². The summed E-state index contributed by atoms with van der Waals surface area (Å²) in [4.78, 5) is 23.5. The molecule has 1 rings (SSSR count). The summed E-state index contributed by atoms with van der Waals surface area (Å²) in [6.07, 6.45) is 2.62. The third kappa shape index (κ3) is 5.44. The van der Waals surface area contributed by atoms with Crippen molar-refractivity contribution in [2.75, 3.05) is 11.9 Å². The zero-order valence-electron chi connectivity index (χ0n) is 13.0. The zero-order valence-corrected chi connectivity index (χ0v) is 13.0. The first-order chi connectivity index (χ1) is 10.4. The molecule has 0 aliphatic rings. The number of carbonyl (C=O) groups excluding carboxylic acids is 2. The Hall–Kier alpha value is -1.95. The first kappa shape index (κ1) is 18.1. The third-order valence-electron chi connectivity index (χ3n) is 3.34. The molecular weight excluding hydrogens is 287 g/mol. The van der Waals surface area contributed by atoms with E-state index < -0.39 is 23.2 Å². The number of hydrogen-bond acceptors (Lipinski definition) is 3. The molecule has 22 heavy (non-hydrogen) atoms. The van der Waals surface area contributed by atoms with E-state index in [1.807, 2.05) is 13.8 Å². The molecular formula is C16H23FN2O3. The molecule has 0 heterocycles. The number of anilines is 1. The molecule has 0 aliphatic carbocycles. The molecule has 0 spiro atoms. The summed E-state index contributed by atoms with van der Waals surface area (Å²) in [5.41, 5.74) is -1.07. The molecule has 5 nitrogen and oxygen atoms in total. The number of benzene rings is 1. The summed E-state index contributed by atoms with van der Waals surface area (Å²) in [5, 5.41) is 15.0. The Morgan fingerprint density at radius 3 is 2.27 bits per heavy atom. The number of nitrogens with one attached hydrogen (secondary N) is 2. The van der Waals surface area contributed by atoms with E-state index in [1.165, 1.54) is 18.2 Å². The largest absolute Gasteiger partial charge is 0.388 e. The Kier molecular flexibility index (Phi) is 6.98. The van der Waals surface area contributed by atoms with E-state index in [-0.39, 0.29) is 12.2 Å². The van der Waals surface area contributed by atoms with Crippen molar-refractivity contribution >= 4 is 17.5 Å². The van der Waals surface area contributed by atoms with Crippen LogP contribution in [0.5, 0.6) is 0 Å². The number of carbonyl (C=O) groups is 2. The summed E-state index contributed by atoms with van der Waals surface area (Å²) >= 11 is 0. The van der Waals surface area contributed by atoms with Gasteiger partial charge in [-0.3, -0.25) is 9.59 Å². The molecule has 2 amide bonds. The SMILES string of the molecule is CCCC(O)(CCC)CNC(=O)C(=O)Nc1ccccc1F. The highest BCUT2D eigenvalue weighted by Crippen LogP contribution is 2.18. The van der Waals surface area contributed by atoms with E-state index in [0.29, 0.717) is 12.8 Å². The van der Waals surface area contributed by atoms with Gasteiger partial charge >= 0.3 is 11.8 Å². The Balaban J connectivity index is 2.57. The average Bonchev–Trinajstić information content (AvgIpc) is 2.47. The lowest BCUT2D eigenvalue weighted by Gasteiger charge is -2.27. The fourth-order valence-electron chi connectivity index (χ4n) is 2.30. The van der Waals surface area contributed by atoms with Crippen LogP contribution in [0.4, 0.5) is 10.1 Å². The van der Waals surface area contributed by atoms with Gasteiger partial charge in [0.2, 0.25) is 0 Å². The van der Waals surface area contributed by atoms with Gasteiger partial charge in [-0.15, -0.1) is 0 Å². The summed E-state index contributed by atoms with van der Waals surface area (Å²) in [6.45, 7) is 3.87. The molecule has 0 aromatic heterocycles. The number of halogens is 1. The molecule has 1 aromatic carbocycles. The fraction of sp³-hybridized carbons (Fsp3) is 0.500. The summed E-state index contributed by atoms with van der Waals surface area (Å²) < 4.78 is 13.4. The molecule has 0 bridgehead atoms. The number of amides is 2. The van der Waals surface area contributed by atoms with Crippen molar-refractivity contribution in [3.8, 4) is 0 Å². The van der Waals surface area contributed by atoms with Crippen LogP contribution in [-0.4, -0.2) is 29.1 Å². The highest BCUT2D eigenvalue weighted by atomic mass is 19.1. The van der Waals surface area contributed by atoms with Gasteiger partial charge in [-0.1, -0.05) is 38.8 Å². The lowest BCUT2D eigenvalue weighted by molar-refractivity contribution is -0.137. The van der Waals surface area contributed by atoms with Crippen LogP contribution in [0, 0.1) is 5.82 Å². The molecule has 0 saturated carbocycles. The van der Waals surface area contributed by atoms with E-state index in [1.54, 1.807) is 6.07 Å². The Bertz CT molecular complexity index is 514. The van der Waals surface area contributed by atoms with Crippen molar-refractivity contribution in [3.63, 3.8) is 0 Å². The molecule has 0 atom stereocenters. The van der Waals surface area contributed by atoms with Crippen molar-refractivity contribution in [3.05, 3.63) is 30.1 Å². The van der Waals surface area contributed by atoms with Crippen molar-refractivity contribution in [1.29, 1.82) is 0 Å². The van der Waals surface area contributed by atoms with E-state index in [9.17, 15) is 19.1 Å². The van der Waals surface area contributed by atoms with Crippen molar-refractivity contribution < 1.29 is 19.1 Å². The topological polar surface area (TPSA) is 78.4 Å². The van der Waals surface area contributed by atoms with Crippen LogP contribution in [0.1, 0.15) is 39.5 Å². The Morgan fingerprint density at radius 1 is 1.14 bits per heavy atom. The predicted molar refractivity (Wildman–Crippen MR) is 82.8 cm³/mol. The summed E-state index contributed by atoms with van der Waals surface area (Å²) in [6, 6.07) is 5.60. The third-order valence-corrected chi connectivity index (χ3v) is 3.34. The minimum absolute atomic E-state index is 0.00178. The molecule has 6 heteroatoms. The minimum atomic E-state index is -1.02. The van der Waals surface area contributed by atoms with Gasteiger partial charge in [0.25, 0.3) is 0 Å². The molecule has 0 saturated heterocycles. The highest BCUT2D eigenvalue weighted by Gasteiger charge is 2.26.